The number of benzene rings is 2. The maximum Gasteiger partial charge on any atom is 0.416 e. The van der Waals surface area contributed by atoms with Gasteiger partial charge in [0.2, 0.25) is 5.88 Å². The lowest BCUT2D eigenvalue weighted by Gasteiger charge is -2.17. The van der Waals surface area contributed by atoms with Crippen LogP contribution in [0.3, 0.4) is 0 Å². The molecule has 1 amide bonds. The minimum atomic E-state index is -4.55. The molecule has 1 aromatic heterocycles. The first-order chi connectivity index (χ1) is 13.7. The Morgan fingerprint density at radius 2 is 1.86 bits per heavy atom. The van der Waals surface area contributed by atoms with Gasteiger partial charge in [-0.1, -0.05) is 24.3 Å². The van der Waals surface area contributed by atoms with Crippen molar-refractivity contribution in [2.24, 2.45) is 0 Å². The molecule has 0 aliphatic carbocycles. The van der Waals surface area contributed by atoms with Crippen molar-refractivity contribution in [2.75, 3.05) is 7.05 Å². The zero-order chi connectivity index (χ0) is 21.0. The van der Waals surface area contributed by atoms with Crippen LogP contribution in [-0.4, -0.2) is 23.0 Å². The quantitative estimate of drug-likeness (QED) is 0.576. The number of carbonyl (C=O) groups is 1. The lowest BCUT2D eigenvalue weighted by molar-refractivity contribution is -0.137. The van der Waals surface area contributed by atoms with Crippen LogP contribution in [0.5, 0.6) is 11.6 Å². The third-order valence-electron chi connectivity index (χ3n) is 4.11. The molecule has 0 unspecified atom stereocenters. The second-order valence-electron chi connectivity index (χ2n) is 6.30. The Hall–Kier alpha value is -3.55. The molecule has 1 radical (unpaired) electrons. The number of aromatic nitrogens is 1. The standard InChI is InChI=1S/C21H16F3N2O3/c1-26(20(28)29-19-7-2-3-10-25-19)13-14-5-4-6-15(11-14)17-12-16(21(22,23)24)8-9-18(17)27/h2-12H,13H2,1H3. The van der Waals surface area contributed by atoms with E-state index in [0.717, 1.165) is 18.2 Å². The van der Waals surface area contributed by atoms with Crippen molar-refractivity contribution in [3.63, 3.8) is 0 Å². The SMILES string of the molecule is CN(Cc1cccc(-c2cc(C(F)(F)F)ccc2[O])c1)C(=O)Oc1ccccn1. The van der Waals surface area contributed by atoms with Gasteiger partial charge in [0.1, 0.15) is 0 Å². The van der Waals surface area contributed by atoms with Crippen LogP contribution in [-0.2, 0) is 17.8 Å². The predicted molar refractivity (Wildman–Crippen MR) is 98.7 cm³/mol. The molecule has 3 aromatic rings. The lowest BCUT2D eigenvalue weighted by atomic mass is 9.99. The molecule has 29 heavy (non-hydrogen) atoms. The monoisotopic (exact) mass is 401 g/mol. The molecule has 149 valence electrons. The van der Waals surface area contributed by atoms with Crippen LogP contribution in [0.1, 0.15) is 11.1 Å². The van der Waals surface area contributed by atoms with Gasteiger partial charge >= 0.3 is 12.3 Å². The number of halogens is 3. The average molecular weight is 401 g/mol. The third kappa shape index (κ3) is 5.04. The second-order valence-corrected chi connectivity index (χ2v) is 6.30. The number of alkyl halides is 3. The number of hydrogen-bond acceptors (Lipinski definition) is 3. The molecule has 0 saturated heterocycles. The minimum Gasteiger partial charge on any atom is -0.391 e. The fraction of sp³-hybridized carbons (Fsp3) is 0.143. The summed E-state index contributed by atoms with van der Waals surface area (Å²) in [4.78, 5) is 17.4. The summed E-state index contributed by atoms with van der Waals surface area (Å²) < 4.78 is 44.0. The van der Waals surface area contributed by atoms with Crippen molar-refractivity contribution in [1.29, 1.82) is 0 Å². The molecule has 8 heteroatoms. The van der Waals surface area contributed by atoms with Crippen LogP contribution in [0.2, 0.25) is 0 Å². The molecule has 3 rings (SSSR count). The van der Waals surface area contributed by atoms with Crippen molar-refractivity contribution >= 4 is 6.09 Å². The Balaban J connectivity index is 1.79. The fourth-order valence-electron chi connectivity index (χ4n) is 2.68. The van der Waals surface area contributed by atoms with Crippen LogP contribution >= 0.6 is 0 Å². The summed E-state index contributed by atoms with van der Waals surface area (Å²) in [5.41, 5.74) is 0.0128. The number of amides is 1. The molecule has 1 heterocycles. The summed E-state index contributed by atoms with van der Waals surface area (Å²) in [6.07, 6.45) is -3.70. The normalized spacial score (nSPS) is 11.2. The highest BCUT2D eigenvalue weighted by Crippen LogP contribution is 2.37. The average Bonchev–Trinajstić information content (AvgIpc) is 2.68. The molecule has 0 atom stereocenters. The largest absolute Gasteiger partial charge is 0.416 e. The summed E-state index contributed by atoms with van der Waals surface area (Å²) in [6, 6.07) is 13.8. The highest BCUT2D eigenvalue weighted by molar-refractivity contribution is 5.72. The molecule has 0 aliphatic rings. The van der Waals surface area contributed by atoms with Gasteiger partial charge in [-0.15, -0.1) is 0 Å². The topological polar surface area (TPSA) is 62.3 Å². The maximum absolute atomic E-state index is 13.0. The van der Waals surface area contributed by atoms with Gasteiger partial charge in [0.15, 0.2) is 5.75 Å². The van der Waals surface area contributed by atoms with E-state index in [4.69, 9.17) is 4.74 Å². The number of rotatable bonds is 4. The van der Waals surface area contributed by atoms with Gasteiger partial charge in [-0.3, -0.25) is 5.11 Å². The fourth-order valence-corrected chi connectivity index (χ4v) is 2.68. The Morgan fingerprint density at radius 1 is 1.07 bits per heavy atom. The Morgan fingerprint density at radius 3 is 2.55 bits per heavy atom. The van der Waals surface area contributed by atoms with E-state index in [2.05, 4.69) is 4.98 Å². The second kappa shape index (κ2) is 8.22. The zero-order valence-corrected chi connectivity index (χ0v) is 15.3. The lowest BCUT2D eigenvalue weighted by Crippen LogP contribution is -2.29. The van der Waals surface area contributed by atoms with Crippen LogP contribution in [0.25, 0.3) is 11.1 Å². The van der Waals surface area contributed by atoms with Gasteiger partial charge < -0.3 is 9.64 Å². The van der Waals surface area contributed by atoms with E-state index in [0.29, 0.717) is 11.1 Å². The Bertz CT molecular complexity index is 1010. The van der Waals surface area contributed by atoms with E-state index in [1.165, 1.54) is 24.2 Å². The van der Waals surface area contributed by atoms with Gasteiger partial charge in [0.05, 0.1) is 5.56 Å². The van der Waals surface area contributed by atoms with Gasteiger partial charge in [-0.05, 0) is 41.5 Å². The van der Waals surface area contributed by atoms with Gasteiger partial charge in [0, 0.05) is 31.4 Å². The number of pyridine rings is 1. The van der Waals surface area contributed by atoms with E-state index in [1.54, 1.807) is 36.4 Å². The number of hydrogen-bond donors (Lipinski definition) is 0. The van der Waals surface area contributed by atoms with Crippen molar-refractivity contribution in [3.05, 3.63) is 78.0 Å². The van der Waals surface area contributed by atoms with Crippen molar-refractivity contribution in [3.8, 4) is 22.8 Å². The highest BCUT2D eigenvalue weighted by Gasteiger charge is 2.31. The number of nitrogens with zero attached hydrogens (tertiary/aromatic N) is 2. The molecule has 5 nitrogen and oxygen atoms in total. The third-order valence-corrected chi connectivity index (χ3v) is 4.11. The van der Waals surface area contributed by atoms with Crippen molar-refractivity contribution < 1.29 is 27.8 Å². The van der Waals surface area contributed by atoms with Crippen LogP contribution in [0.15, 0.2) is 66.9 Å². The highest BCUT2D eigenvalue weighted by atomic mass is 19.4. The van der Waals surface area contributed by atoms with Crippen molar-refractivity contribution in [2.45, 2.75) is 12.7 Å². The van der Waals surface area contributed by atoms with E-state index >= 15 is 0 Å². The summed E-state index contributed by atoms with van der Waals surface area (Å²) >= 11 is 0. The van der Waals surface area contributed by atoms with Crippen LogP contribution < -0.4 is 4.74 Å². The maximum atomic E-state index is 13.0. The Labute approximate surface area is 165 Å². The molecule has 0 saturated carbocycles. The summed E-state index contributed by atoms with van der Waals surface area (Å²) in [5.74, 6) is -0.365. The van der Waals surface area contributed by atoms with Gasteiger partial charge in [-0.25, -0.2) is 9.78 Å². The first-order valence-corrected chi connectivity index (χ1v) is 8.55. The minimum absolute atomic E-state index is 0.0552. The molecule has 0 spiro atoms. The molecule has 0 bridgehead atoms. The molecule has 0 N–H and O–H groups in total. The first-order valence-electron chi connectivity index (χ1n) is 8.55. The summed E-state index contributed by atoms with van der Waals surface area (Å²) in [7, 11) is 1.52. The molecule has 0 fully saturated rings. The summed E-state index contributed by atoms with van der Waals surface area (Å²) in [6.45, 7) is 0.132. The molecular formula is C21H16F3N2O3. The smallest absolute Gasteiger partial charge is 0.391 e. The number of ether oxygens (including phenoxy) is 1. The van der Waals surface area contributed by atoms with Crippen molar-refractivity contribution in [1.82, 2.24) is 9.88 Å². The first kappa shape index (κ1) is 20.2. The molecule has 0 aliphatic heterocycles. The van der Waals surface area contributed by atoms with E-state index in [1.807, 2.05) is 0 Å². The van der Waals surface area contributed by atoms with E-state index in [9.17, 15) is 23.1 Å². The van der Waals surface area contributed by atoms with E-state index < -0.39 is 23.6 Å². The Kier molecular flexibility index (Phi) is 5.72. The van der Waals surface area contributed by atoms with Crippen LogP contribution in [0.4, 0.5) is 18.0 Å². The van der Waals surface area contributed by atoms with Crippen LogP contribution in [0, 0.1) is 0 Å². The number of carbonyl (C=O) groups excluding carboxylic acids is 1. The zero-order valence-electron chi connectivity index (χ0n) is 15.3. The predicted octanol–water partition coefficient (Wildman–Crippen LogP) is 5.54. The molecular weight excluding hydrogens is 385 g/mol. The summed E-state index contributed by atoms with van der Waals surface area (Å²) in [5, 5.41) is 12.1. The van der Waals surface area contributed by atoms with Gasteiger partial charge in [-0.2, -0.15) is 13.2 Å². The van der Waals surface area contributed by atoms with Gasteiger partial charge in [0.25, 0.3) is 0 Å². The van der Waals surface area contributed by atoms with E-state index in [-0.39, 0.29) is 18.0 Å². The molecule has 2 aromatic carbocycles.